The fourth-order valence-corrected chi connectivity index (χ4v) is 2.81. The molecule has 0 atom stereocenters. The van der Waals surface area contributed by atoms with Gasteiger partial charge in [0.25, 0.3) is 0 Å². The average molecular weight is 288 g/mol. The van der Waals surface area contributed by atoms with Gasteiger partial charge in [0.05, 0.1) is 12.9 Å². The predicted molar refractivity (Wildman–Crippen MR) is 82.3 cm³/mol. The van der Waals surface area contributed by atoms with Crippen molar-refractivity contribution in [2.45, 2.75) is 13.5 Å². The lowest BCUT2D eigenvalue weighted by Gasteiger charge is -2.22. The Bertz CT molecular complexity index is 690. The van der Waals surface area contributed by atoms with Gasteiger partial charge in [0.15, 0.2) is 11.5 Å². The molecule has 0 fully saturated rings. The lowest BCUT2D eigenvalue weighted by molar-refractivity contribution is 0.825. The van der Waals surface area contributed by atoms with Crippen molar-refractivity contribution in [2.75, 3.05) is 23.8 Å². The zero-order valence-corrected chi connectivity index (χ0v) is 12.2. The molecule has 20 heavy (non-hydrogen) atoms. The van der Waals surface area contributed by atoms with Gasteiger partial charge < -0.3 is 15.2 Å². The molecule has 0 saturated carbocycles. The van der Waals surface area contributed by atoms with Crippen molar-refractivity contribution in [2.24, 2.45) is 0 Å². The molecule has 0 radical (unpaired) electrons. The minimum absolute atomic E-state index is 0.587. The molecule has 3 aromatic heterocycles. The maximum absolute atomic E-state index is 4.58. The molecule has 0 saturated heterocycles. The molecular formula is C13H16N6S. The topological polar surface area (TPSA) is 69.7 Å². The monoisotopic (exact) mass is 288 g/mol. The Morgan fingerprint density at radius 3 is 3.00 bits per heavy atom. The van der Waals surface area contributed by atoms with Gasteiger partial charge >= 0.3 is 0 Å². The third kappa shape index (κ3) is 2.32. The second-order valence-corrected chi connectivity index (χ2v) is 5.35. The zero-order valence-electron chi connectivity index (χ0n) is 11.4. The smallest absolute Gasteiger partial charge is 0.226 e. The van der Waals surface area contributed by atoms with Crippen LogP contribution in [0.1, 0.15) is 11.8 Å². The minimum atomic E-state index is 0.587. The summed E-state index contributed by atoms with van der Waals surface area (Å²) in [5.74, 6) is 1.47. The second kappa shape index (κ2) is 5.46. The number of rotatable bonds is 5. The number of nitrogens with one attached hydrogen (secondary N) is 2. The lowest BCUT2D eigenvalue weighted by atomic mass is 10.3. The fraction of sp³-hybridized carbons (Fsp3) is 0.308. The van der Waals surface area contributed by atoms with E-state index in [0.717, 1.165) is 24.4 Å². The van der Waals surface area contributed by atoms with E-state index in [2.05, 4.69) is 54.6 Å². The Morgan fingerprint density at radius 1 is 1.40 bits per heavy atom. The summed E-state index contributed by atoms with van der Waals surface area (Å²) in [5.41, 5.74) is 1.56. The standard InChI is InChI=1S/C13H16N6S/c1-3-19(7-9-5-4-6-20-9)12-10-11(16-8-15-10)17-13(14-2)18-12/h4-6,8H,3,7H2,1-2H3,(H2,14,15,16,17,18). The number of aromatic nitrogens is 4. The van der Waals surface area contributed by atoms with Gasteiger partial charge in [-0.05, 0) is 18.4 Å². The van der Waals surface area contributed by atoms with Crippen LogP contribution in [0.5, 0.6) is 0 Å². The van der Waals surface area contributed by atoms with E-state index < -0.39 is 0 Å². The van der Waals surface area contributed by atoms with Crippen LogP contribution in [0.25, 0.3) is 11.2 Å². The van der Waals surface area contributed by atoms with Crippen LogP contribution in [0.3, 0.4) is 0 Å². The number of nitrogens with zero attached hydrogens (tertiary/aromatic N) is 4. The molecule has 2 N–H and O–H groups in total. The van der Waals surface area contributed by atoms with Gasteiger partial charge in [0.1, 0.15) is 5.52 Å². The molecule has 0 aliphatic rings. The largest absolute Gasteiger partial charge is 0.357 e. The van der Waals surface area contributed by atoms with Gasteiger partial charge in [-0.2, -0.15) is 9.97 Å². The Labute approximate surface area is 120 Å². The first-order valence-electron chi connectivity index (χ1n) is 6.48. The van der Waals surface area contributed by atoms with E-state index >= 15 is 0 Å². The molecule has 7 heteroatoms. The van der Waals surface area contributed by atoms with E-state index in [1.54, 1.807) is 17.7 Å². The number of thiophene rings is 1. The van der Waals surface area contributed by atoms with E-state index in [1.165, 1.54) is 4.88 Å². The molecule has 104 valence electrons. The highest BCUT2D eigenvalue weighted by atomic mass is 32.1. The maximum atomic E-state index is 4.58. The van der Waals surface area contributed by atoms with Crippen molar-refractivity contribution in [3.8, 4) is 0 Å². The SMILES string of the molecule is CCN(Cc1cccs1)c1nc(NC)nc2nc[nH]c12. The molecule has 0 unspecified atom stereocenters. The fourth-order valence-electron chi connectivity index (χ4n) is 2.09. The molecular weight excluding hydrogens is 272 g/mol. The van der Waals surface area contributed by atoms with Crippen LogP contribution in [-0.4, -0.2) is 33.5 Å². The summed E-state index contributed by atoms with van der Waals surface area (Å²) >= 11 is 1.75. The summed E-state index contributed by atoms with van der Waals surface area (Å²) in [6.07, 6.45) is 1.65. The number of aromatic amines is 1. The summed E-state index contributed by atoms with van der Waals surface area (Å²) < 4.78 is 0. The second-order valence-electron chi connectivity index (χ2n) is 4.32. The number of hydrogen-bond acceptors (Lipinski definition) is 6. The van der Waals surface area contributed by atoms with Crippen LogP contribution in [-0.2, 0) is 6.54 Å². The van der Waals surface area contributed by atoms with Gasteiger partial charge in [0.2, 0.25) is 5.95 Å². The number of H-pyrrole nitrogens is 1. The molecule has 0 aromatic carbocycles. The van der Waals surface area contributed by atoms with Gasteiger partial charge in [-0.15, -0.1) is 11.3 Å². The van der Waals surface area contributed by atoms with Crippen LogP contribution < -0.4 is 10.2 Å². The molecule has 6 nitrogen and oxygen atoms in total. The maximum Gasteiger partial charge on any atom is 0.226 e. The summed E-state index contributed by atoms with van der Waals surface area (Å²) in [5, 5.41) is 5.08. The number of anilines is 2. The van der Waals surface area contributed by atoms with Crippen molar-refractivity contribution in [1.82, 2.24) is 19.9 Å². The van der Waals surface area contributed by atoms with E-state index in [0.29, 0.717) is 11.6 Å². The minimum Gasteiger partial charge on any atom is -0.357 e. The van der Waals surface area contributed by atoms with Gasteiger partial charge in [-0.1, -0.05) is 6.07 Å². The molecule has 3 rings (SSSR count). The van der Waals surface area contributed by atoms with Crippen LogP contribution in [0.15, 0.2) is 23.8 Å². The van der Waals surface area contributed by atoms with E-state index in [4.69, 9.17) is 0 Å². The van der Waals surface area contributed by atoms with Crippen molar-refractivity contribution in [3.63, 3.8) is 0 Å². The molecule has 0 aliphatic carbocycles. The summed E-state index contributed by atoms with van der Waals surface area (Å²) in [4.78, 5) is 19.8. The molecule has 0 spiro atoms. The van der Waals surface area contributed by atoms with Gasteiger partial charge in [-0.25, -0.2) is 4.98 Å². The summed E-state index contributed by atoms with van der Waals surface area (Å²) in [6.45, 7) is 3.83. The first-order valence-corrected chi connectivity index (χ1v) is 7.36. The third-order valence-corrected chi connectivity index (χ3v) is 3.96. The third-order valence-electron chi connectivity index (χ3n) is 3.10. The Balaban J connectivity index is 2.03. The van der Waals surface area contributed by atoms with E-state index in [1.807, 2.05) is 7.05 Å². The van der Waals surface area contributed by atoms with Crippen molar-refractivity contribution in [3.05, 3.63) is 28.7 Å². The van der Waals surface area contributed by atoms with Crippen LogP contribution in [0.4, 0.5) is 11.8 Å². The molecule has 0 bridgehead atoms. The lowest BCUT2D eigenvalue weighted by Crippen LogP contribution is -2.23. The highest BCUT2D eigenvalue weighted by Crippen LogP contribution is 2.24. The average Bonchev–Trinajstić information content (AvgIpc) is 3.14. The zero-order chi connectivity index (χ0) is 13.9. The van der Waals surface area contributed by atoms with Crippen molar-refractivity contribution < 1.29 is 0 Å². The van der Waals surface area contributed by atoms with Gasteiger partial charge in [0, 0.05) is 18.5 Å². The van der Waals surface area contributed by atoms with E-state index in [9.17, 15) is 0 Å². The molecule has 3 aromatic rings. The Kier molecular flexibility index (Phi) is 3.51. The highest BCUT2D eigenvalue weighted by Gasteiger charge is 2.15. The van der Waals surface area contributed by atoms with E-state index in [-0.39, 0.29) is 0 Å². The number of fused-ring (bicyclic) bond motifs is 1. The molecule has 0 aliphatic heterocycles. The first kappa shape index (κ1) is 12.9. The van der Waals surface area contributed by atoms with Gasteiger partial charge in [-0.3, -0.25) is 0 Å². The first-order chi connectivity index (χ1) is 9.81. The van der Waals surface area contributed by atoms with Crippen LogP contribution >= 0.6 is 11.3 Å². The predicted octanol–water partition coefficient (Wildman–Crippen LogP) is 2.48. The number of imidazole rings is 1. The van der Waals surface area contributed by atoms with Crippen LogP contribution in [0.2, 0.25) is 0 Å². The Hall–Kier alpha value is -2.15. The van der Waals surface area contributed by atoms with Crippen molar-refractivity contribution >= 4 is 34.3 Å². The normalized spacial score (nSPS) is 10.9. The quantitative estimate of drug-likeness (QED) is 0.755. The molecule has 0 amide bonds. The summed E-state index contributed by atoms with van der Waals surface area (Å²) in [7, 11) is 1.81. The molecule has 3 heterocycles. The van der Waals surface area contributed by atoms with Crippen LogP contribution in [0, 0.1) is 0 Å². The Morgan fingerprint density at radius 2 is 2.30 bits per heavy atom. The highest BCUT2D eigenvalue weighted by molar-refractivity contribution is 7.09. The van der Waals surface area contributed by atoms with Crippen molar-refractivity contribution in [1.29, 1.82) is 0 Å². The number of hydrogen-bond donors (Lipinski definition) is 2. The summed E-state index contributed by atoms with van der Waals surface area (Å²) in [6, 6.07) is 4.20.